The maximum Gasteiger partial charge on any atom is 0.216 e. The van der Waals surface area contributed by atoms with E-state index in [0.717, 1.165) is 46.4 Å². The molecule has 1 saturated carbocycles. The van der Waals surface area contributed by atoms with Gasteiger partial charge in [-0.05, 0) is 42.8 Å². The molecule has 1 aliphatic rings. The SMILES string of the molecule is CC(=O)NCCc1ccc(C(=O)CSc2nnc(Cc3cccs3)n2C2CCCCC2)s1. The van der Waals surface area contributed by atoms with Crippen LogP contribution in [-0.2, 0) is 17.6 Å². The highest BCUT2D eigenvalue weighted by Gasteiger charge is 2.24. The molecule has 1 fully saturated rings. The lowest BCUT2D eigenvalue weighted by atomic mass is 9.95. The number of aromatic nitrogens is 3. The van der Waals surface area contributed by atoms with Crippen molar-refractivity contribution in [1.82, 2.24) is 20.1 Å². The van der Waals surface area contributed by atoms with Crippen LogP contribution in [0.3, 0.4) is 0 Å². The predicted molar refractivity (Wildman–Crippen MR) is 131 cm³/mol. The molecule has 0 radical (unpaired) electrons. The number of carbonyl (C=O) groups excluding carboxylic acids is 2. The van der Waals surface area contributed by atoms with Crippen molar-refractivity contribution in [2.75, 3.05) is 12.3 Å². The first kappa shape index (κ1) is 23.2. The van der Waals surface area contributed by atoms with Crippen LogP contribution in [0.4, 0.5) is 0 Å². The van der Waals surface area contributed by atoms with Gasteiger partial charge >= 0.3 is 0 Å². The molecule has 6 nitrogen and oxygen atoms in total. The van der Waals surface area contributed by atoms with Crippen molar-refractivity contribution >= 4 is 46.1 Å². The molecular weight excluding hydrogens is 460 g/mol. The van der Waals surface area contributed by atoms with Crippen LogP contribution >= 0.6 is 34.4 Å². The van der Waals surface area contributed by atoms with Crippen molar-refractivity contribution < 1.29 is 9.59 Å². The van der Waals surface area contributed by atoms with E-state index in [2.05, 4.69) is 37.6 Å². The minimum absolute atomic E-state index is 0.0326. The third-order valence-corrected chi connectivity index (χ3v) is 8.61. The van der Waals surface area contributed by atoms with Crippen LogP contribution in [0.2, 0.25) is 0 Å². The smallest absolute Gasteiger partial charge is 0.216 e. The van der Waals surface area contributed by atoms with E-state index in [1.807, 2.05) is 12.1 Å². The van der Waals surface area contributed by atoms with Gasteiger partial charge in [0.25, 0.3) is 0 Å². The van der Waals surface area contributed by atoms with E-state index in [4.69, 9.17) is 0 Å². The zero-order valence-corrected chi connectivity index (χ0v) is 20.7. The molecule has 32 heavy (non-hydrogen) atoms. The number of ketones is 1. The van der Waals surface area contributed by atoms with E-state index in [-0.39, 0.29) is 11.7 Å². The van der Waals surface area contributed by atoms with Crippen molar-refractivity contribution in [3.8, 4) is 0 Å². The first-order valence-electron chi connectivity index (χ1n) is 11.1. The van der Waals surface area contributed by atoms with E-state index >= 15 is 0 Å². The molecule has 1 N–H and O–H groups in total. The first-order chi connectivity index (χ1) is 15.6. The summed E-state index contributed by atoms with van der Waals surface area (Å²) in [6, 6.07) is 8.51. The minimum Gasteiger partial charge on any atom is -0.356 e. The largest absolute Gasteiger partial charge is 0.356 e. The number of amides is 1. The fourth-order valence-electron chi connectivity index (χ4n) is 4.03. The zero-order chi connectivity index (χ0) is 22.3. The van der Waals surface area contributed by atoms with Crippen LogP contribution in [0.1, 0.15) is 70.3 Å². The van der Waals surface area contributed by atoms with Gasteiger partial charge < -0.3 is 9.88 Å². The Morgan fingerprint density at radius 2 is 2.00 bits per heavy atom. The van der Waals surface area contributed by atoms with Gasteiger partial charge in [-0.15, -0.1) is 32.9 Å². The van der Waals surface area contributed by atoms with E-state index < -0.39 is 0 Å². The molecule has 0 spiro atoms. The van der Waals surface area contributed by atoms with E-state index in [1.165, 1.54) is 54.2 Å². The van der Waals surface area contributed by atoms with Gasteiger partial charge in [0.2, 0.25) is 5.91 Å². The number of rotatable bonds is 10. The quantitative estimate of drug-likeness (QED) is 0.315. The topological polar surface area (TPSA) is 76.9 Å². The number of nitrogens with one attached hydrogen (secondary N) is 1. The monoisotopic (exact) mass is 488 g/mol. The van der Waals surface area contributed by atoms with Gasteiger partial charge in [0.05, 0.1) is 10.6 Å². The Hall–Kier alpha value is -1.97. The van der Waals surface area contributed by atoms with Crippen LogP contribution in [-0.4, -0.2) is 38.8 Å². The molecule has 0 saturated heterocycles. The summed E-state index contributed by atoms with van der Waals surface area (Å²) in [5.41, 5.74) is 0. The highest BCUT2D eigenvalue weighted by Crippen LogP contribution is 2.34. The van der Waals surface area contributed by atoms with E-state index in [9.17, 15) is 9.59 Å². The minimum atomic E-state index is -0.0326. The van der Waals surface area contributed by atoms with Crippen LogP contribution < -0.4 is 5.32 Å². The summed E-state index contributed by atoms with van der Waals surface area (Å²) in [7, 11) is 0. The summed E-state index contributed by atoms with van der Waals surface area (Å²) in [4.78, 5) is 27.0. The highest BCUT2D eigenvalue weighted by molar-refractivity contribution is 7.99. The van der Waals surface area contributed by atoms with Gasteiger partial charge in [-0.25, -0.2) is 0 Å². The lowest BCUT2D eigenvalue weighted by Crippen LogP contribution is -2.22. The molecule has 3 heterocycles. The Balaban J connectivity index is 1.42. The average Bonchev–Trinajstić information content (AvgIpc) is 3.54. The standard InChI is InChI=1S/C23H28N4O2S3/c1-16(28)24-12-11-18-9-10-21(32-18)20(29)15-31-23-26-25-22(14-19-8-5-13-30-19)27(23)17-6-3-2-4-7-17/h5,8-10,13,17H,2-4,6-7,11-12,14-15H2,1H3,(H,24,28). The summed E-state index contributed by atoms with van der Waals surface area (Å²) in [6.45, 7) is 2.11. The molecule has 0 aliphatic heterocycles. The molecular formula is C23H28N4O2S3. The van der Waals surface area contributed by atoms with Gasteiger partial charge in [-0.3, -0.25) is 9.59 Å². The summed E-state index contributed by atoms with van der Waals surface area (Å²) >= 11 is 4.76. The Labute approximate surface area is 200 Å². The zero-order valence-electron chi connectivity index (χ0n) is 18.2. The number of nitrogens with zero attached hydrogens (tertiary/aromatic N) is 3. The number of carbonyl (C=O) groups is 2. The Morgan fingerprint density at radius 1 is 1.16 bits per heavy atom. The fraction of sp³-hybridized carbons (Fsp3) is 0.478. The summed E-state index contributed by atoms with van der Waals surface area (Å²) in [6.07, 6.45) is 7.61. The molecule has 1 amide bonds. The molecule has 0 bridgehead atoms. The summed E-state index contributed by atoms with van der Waals surface area (Å²) in [5, 5.41) is 14.8. The lowest BCUT2D eigenvalue weighted by Gasteiger charge is -2.25. The average molecular weight is 489 g/mol. The fourth-order valence-corrected chi connectivity index (χ4v) is 6.67. The van der Waals surface area contributed by atoms with Gasteiger partial charge in [0, 0.05) is 35.7 Å². The molecule has 0 unspecified atom stereocenters. The van der Waals surface area contributed by atoms with E-state index in [1.54, 1.807) is 11.3 Å². The number of thiophene rings is 2. The molecule has 170 valence electrons. The molecule has 4 rings (SSSR count). The summed E-state index contributed by atoms with van der Waals surface area (Å²) in [5.74, 6) is 1.44. The molecule has 1 aliphatic carbocycles. The van der Waals surface area contributed by atoms with Gasteiger partial charge in [-0.1, -0.05) is 37.1 Å². The second-order valence-corrected chi connectivity index (χ2v) is 11.2. The number of hydrogen-bond acceptors (Lipinski definition) is 7. The maximum absolute atomic E-state index is 12.8. The maximum atomic E-state index is 12.8. The predicted octanol–water partition coefficient (Wildman–Crippen LogP) is 5.15. The first-order valence-corrected chi connectivity index (χ1v) is 13.7. The third-order valence-electron chi connectivity index (χ3n) is 5.60. The number of hydrogen-bond donors (Lipinski definition) is 1. The lowest BCUT2D eigenvalue weighted by molar-refractivity contribution is -0.118. The Kier molecular flexibility index (Phi) is 8.15. The normalized spacial score (nSPS) is 14.5. The van der Waals surface area contributed by atoms with Gasteiger partial charge in [0.15, 0.2) is 10.9 Å². The molecule has 9 heteroatoms. The van der Waals surface area contributed by atoms with Crippen LogP contribution in [0.25, 0.3) is 0 Å². The number of thioether (sulfide) groups is 1. The molecule has 3 aromatic heterocycles. The van der Waals surface area contributed by atoms with Crippen molar-refractivity contribution in [1.29, 1.82) is 0 Å². The van der Waals surface area contributed by atoms with Gasteiger partial charge in [-0.2, -0.15) is 0 Å². The second-order valence-electron chi connectivity index (χ2n) is 8.03. The van der Waals surface area contributed by atoms with Crippen molar-refractivity contribution in [3.05, 3.63) is 50.1 Å². The van der Waals surface area contributed by atoms with Crippen LogP contribution in [0, 0.1) is 0 Å². The van der Waals surface area contributed by atoms with Crippen molar-refractivity contribution in [3.63, 3.8) is 0 Å². The molecule has 0 atom stereocenters. The van der Waals surface area contributed by atoms with Gasteiger partial charge in [0.1, 0.15) is 5.82 Å². The third kappa shape index (κ3) is 6.08. The summed E-state index contributed by atoms with van der Waals surface area (Å²) < 4.78 is 2.31. The Bertz CT molecular complexity index is 1040. The van der Waals surface area contributed by atoms with Crippen molar-refractivity contribution in [2.45, 2.75) is 63.1 Å². The number of Topliss-reactive ketones (excluding diaryl/α,β-unsaturated/α-hetero) is 1. The molecule has 0 aromatic carbocycles. The second kappa shape index (κ2) is 11.2. The van der Waals surface area contributed by atoms with Crippen molar-refractivity contribution in [2.24, 2.45) is 0 Å². The van der Waals surface area contributed by atoms with E-state index in [0.29, 0.717) is 18.3 Å². The highest BCUT2D eigenvalue weighted by atomic mass is 32.2. The van der Waals surface area contributed by atoms with Crippen LogP contribution in [0.15, 0.2) is 34.8 Å². The van der Waals surface area contributed by atoms with Crippen LogP contribution in [0.5, 0.6) is 0 Å². The molecule has 3 aromatic rings. The Morgan fingerprint density at radius 3 is 2.75 bits per heavy atom.